The van der Waals surface area contributed by atoms with Gasteiger partial charge in [-0.2, -0.15) is 0 Å². The molecule has 0 aromatic carbocycles. The molecule has 0 aromatic rings. The second kappa shape index (κ2) is 7.10. The van der Waals surface area contributed by atoms with Gasteiger partial charge in [-0.3, -0.25) is 4.79 Å². The quantitative estimate of drug-likeness (QED) is 0.791. The fourth-order valence-electron chi connectivity index (χ4n) is 2.64. The Morgan fingerprint density at radius 1 is 1.39 bits per heavy atom. The molecule has 0 spiro atoms. The molecule has 106 valence electrons. The monoisotopic (exact) mass is 257 g/mol. The lowest BCUT2D eigenvalue weighted by molar-refractivity contribution is -0.157. The first-order valence-corrected chi connectivity index (χ1v) is 7.06. The van der Waals surface area contributed by atoms with Crippen LogP contribution in [0.5, 0.6) is 0 Å². The zero-order valence-corrected chi connectivity index (χ0v) is 11.9. The third kappa shape index (κ3) is 3.45. The van der Waals surface area contributed by atoms with Crippen LogP contribution in [-0.2, 0) is 9.53 Å². The Bertz CT molecular complexity index is 258. The van der Waals surface area contributed by atoms with E-state index in [9.17, 15) is 9.90 Å². The summed E-state index contributed by atoms with van der Waals surface area (Å²) in [5, 5.41) is 9.19. The van der Waals surface area contributed by atoms with Gasteiger partial charge in [-0.05, 0) is 26.2 Å². The highest BCUT2D eigenvalue weighted by Crippen LogP contribution is 2.26. The second-order valence-electron chi connectivity index (χ2n) is 5.30. The number of aliphatic hydroxyl groups is 1. The molecular weight excluding hydrogens is 230 g/mol. The highest BCUT2D eigenvalue weighted by Gasteiger charge is 2.37. The number of carbonyl (C=O) groups excluding carboxylic acids is 1. The summed E-state index contributed by atoms with van der Waals surface area (Å²) in [6.45, 7) is 4.23. The zero-order valence-electron chi connectivity index (χ0n) is 11.9. The zero-order chi connectivity index (χ0) is 13.6. The fourth-order valence-corrected chi connectivity index (χ4v) is 2.64. The van der Waals surface area contributed by atoms with Crippen LogP contribution < -0.4 is 0 Å². The van der Waals surface area contributed by atoms with Crippen LogP contribution in [0.4, 0.5) is 0 Å². The molecule has 0 aromatic heterocycles. The third-order valence-electron chi connectivity index (χ3n) is 4.19. The van der Waals surface area contributed by atoms with E-state index >= 15 is 0 Å². The molecule has 4 nitrogen and oxygen atoms in total. The van der Waals surface area contributed by atoms with Crippen LogP contribution in [0.3, 0.4) is 0 Å². The summed E-state index contributed by atoms with van der Waals surface area (Å²) in [7, 11) is 1.58. The van der Waals surface area contributed by atoms with Crippen LogP contribution in [-0.4, -0.2) is 47.8 Å². The largest absolute Gasteiger partial charge is 0.395 e. The maximum Gasteiger partial charge on any atom is 0.254 e. The molecule has 0 radical (unpaired) electrons. The van der Waals surface area contributed by atoms with E-state index in [-0.39, 0.29) is 18.6 Å². The molecular formula is C14H27NO3. The van der Waals surface area contributed by atoms with Gasteiger partial charge in [-0.1, -0.05) is 26.2 Å². The number of amides is 1. The summed E-state index contributed by atoms with van der Waals surface area (Å²) in [5.41, 5.74) is -0.757. The molecule has 1 aliphatic rings. The number of hydrogen-bond acceptors (Lipinski definition) is 3. The van der Waals surface area contributed by atoms with E-state index in [1.54, 1.807) is 7.11 Å². The first-order valence-electron chi connectivity index (χ1n) is 7.06. The Labute approximate surface area is 110 Å². The van der Waals surface area contributed by atoms with E-state index < -0.39 is 5.60 Å². The summed E-state index contributed by atoms with van der Waals surface area (Å²) in [6, 6.07) is 0.277. The normalized spacial score (nSPS) is 20.4. The van der Waals surface area contributed by atoms with E-state index in [1.165, 1.54) is 19.3 Å². The Morgan fingerprint density at radius 2 is 2.00 bits per heavy atom. The minimum Gasteiger partial charge on any atom is -0.395 e. The molecule has 1 amide bonds. The lowest BCUT2D eigenvalue weighted by atomic mass is 9.92. The highest BCUT2D eigenvalue weighted by atomic mass is 16.5. The predicted molar refractivity (Wildman–Crippen MR) is 71.4 cm³/mol. The lowest BCUT2D eigenvalue weighted by Crippen LogP contribution is -2.53. The van der Waals surface area contributed by atoms with Gasteiger partial charge in [-0.15, -0.1) is 0 Å². The molecule has 1 N–H and O–H groups in total. The smallest absolute Gasteiger partial charge is 0.254 e. The molecule has 1 saturated carbocycles. The molecule has 0 saturated heterocycles. The standard InChI is InChI=1S/C14H27NO3/c1-4-14(2,18-3)13(17)15(10-11-16)12-8-6-5-7-9-12/h12,16H,4-11H2,1-3H3. The number of rotatable bonds is 6. The minimum atomic E-state index is -0.757. The Kier molecular flexibility index (Phi) is 6.09. The highest BCUT2D eigenvalue weighted by molar-refractivity contribution is 5.85. The number of carbonyl (C=O) groups is 1. The van der Waals surface area contributed by atoms with Gasteiger partial charge in [0.05, 0.1) is 6.61 Å². The van der Waals surface area contributed by atoms with Gasteiger partial charge in [-0.25, -0.2) is 0 Å². The average Bonchev–Trinajstić information content (AvgIpc) is 2.44. The van der Waals surface area contributed by atoms with Gasteiger partial charge < -0.3 is 14.7 Å². The van der Waals surface area contributed by atoms with Crippen LogP contribution in [0.15, 0.2) is 0 Å². The molecule has 0 bridgehead atoms. The Hall–Kier alpha value is -0.610. The van der Waals surface area contributed by atoms with Crippen molar-refractivity contribution in [3.8, 4) is 0 Å². The number of ether oxygens (including phenoxy) is 1. The molecule has 0 heterocycles. The SMILES string of the molecule is CCC(C)(OC)C(=O)N(CCO)C1CCCCC1. The van der Waals surface area contributed by atoms with Crippen molar-refractivity contribution in [2.45, 2.75) is 64.0 Å². The maximum absolute atomic E-state index is 12.6. The van der Waals surface area contributed by atoms with Crippen molar-refractivity contribution in [3.05, 3.63) is 0 Å². The summed E-state index contributed by atoms with van der Waals surface area (Å²) >= 11 is 0. The summed E-state index contributed by atoms with van der Waals surface area (Å²) in [4.78, 5) is 14.4. The minimum absolute atomic E-state index is 0.0196. The van der Waals surface area contributed by atoms with Crippen LogP contribution in [0, 0.1) is 0 Å². The maximum atomic E-state index is 12.6. The van der Waals surface area contributed by atoms with Gasteiger partial charge in [0.25, 0.3) is 5.91 Å². The summed E-state index contributed by atoms with van der Waals surface area (Å²) in [6.07, 6.45) is 6.36. The molecule has 4 heteroatoms. The van der Waals surface area contributed by atoms with Gasteiger partial charge in [0.1, 0.15) is 5.60 Å². The van der Waals surface area contributed by atoms with Gasteiger partial charge in [0, 0.05) is 19.7 Å². The van der Waals surface area contributed by atoms with E-state index in [0.29, 0.717) is 13.0 Å². The fraction of sp³-hybridized carbons (Fsp3) is 0.929. The average molecular weight is 257 g/mol. The van der Waals surface area contributed by atoms with Crippen LogP contribution in [0.2, 0.25) is 0 Å². The molecule has 1 unspecified atom stereocenters. The van der Waals surface area contributed by atoms with Crippen molar-refractivity contribution in [2.24, 2.45) is 0 Å². The van der Waals surface area contributed by atoms with Gasteiger partial charge in [0.15, 0.2) is 0 Å². The molecule has 1 rings (SSSR count). The van der Waals surface area contributed by atoms with Crippen molar-refractivity contribution in [2.75, 3.05) is 20.3 Å². The lowest BCUT2D eigenvalue weighted by Gasteiger charge is -2.39. The van der Waals surface area contributed by atoms with E-state index in [0.717, 1.165) is 12.8 Å². The van der Waals surface area contributed by atoms with Gasteiger partial charge >= 0.3 is 0 Å². The molecule has 0 aliphatic heterocycles. The Balaban J connectivity index is 2.79. The molecule has 18 heavy (non-hydrogen) atoms. The first kappa shape index (κ1) is 15.4. The molecule has 1 aliphatic carbocycles. The second-order valence-corrected chi connectivity index (χ2v) is 5.30. The third-order valence-corrected chi connectivity index (χ3v) is 4.19. The van der Waals surface area contributed by atoms with Crippen LogP contribution >= 0.6 is 0 Å². The number of aliphatic hydroxyl groups excluding tert-OH is 1. The van der Waals surface area contributed by atoms with Gasteiger partial charge in [0.2, 0.25) is 0 Å². The topological polar surface area (TPSA) is 49.8 Å². The number of hydrogen-bond donors (Lipinski definition) is 1. The van der Waals surface area contributed by atoms with Crippen molar-refractivity contribution in [1.82, 2.24) is 4.90 Å². The van der Waals surface area contributed by atoms with Crippen molar-refractivity contribution in [1.29, 1.82) is 0 Å². The van der Waals surface area contributed by atoms with Crippen molar-refractivity contribution in [3.63, 3.8) is 0 Å². The summed E-state index contributed by atoms with van der Waals surface area (Å²) in [5.74, 6) is 0.0217. The van der Waals surface area contributed by atoms with Crippen molar-refractivity contribution < 1.29 is 14.6 Å². The van der Waals surface area contributed by atoms with Crippen LogP contribution in [0.1, 0.15) is 52.4 Å². The predicted octanol–water partition coefficient (Wildman–Crippen LogP) is 1.96. The van der Waals surface area contributed by atoms with Crippen molar-refractivity contribution >= 4 is 5.91 Å². The van der Waals surface area contributed by atoms with E-state index in [4.69, 9.17) is 4.74 Å². The molecule has 1 fully saturated rings. The van der Waals surface area contributed by atoms with E-state index in [1.807, 2.05) is 18.7 Å². The number of nitrogens with zero attached hydrogens (tertiary/aromatic N) is 1. The van der Waals surface area contributed by atoms with E-state index in [2.05, 4.69) is 0 Å². The van der Waals surface area contributed by atoms with Crippen LogP contribution in [0.25, 0.3) is 0 Å². The first-order chi connectivity index (χ1) is 8.59. The molecule has 1 atom stereocenters. The Morgan fingerprint density at radius 3 is 2.44 bits per heavy atom. The summed E-state index contributed by atoms with van der Waals surface area (Å²) < 4.78 is 5.39. The number of methoxy groups -OCH3 is 1.